The van der Waals surface area contributed by atoms with Crippen LogP contribution in [0.15, 0.2) is 16.0 Å². The Morgan fingerprint density at radius 1 is 1.33 bits per heavy atom. The van der Waals surface area contributed by atoms with Crippen LogP contribution in [0.25, 0.3) is 0 Å². The minimum Gasteiger partial charge on any atom is -0.360 e. The Hall–Kier alpha value is -1.20. The SMILES string of the molecule is Cc1cc(CNCc2nc(C(C)(C)C)cs2)on1. The summed E-state index contributed by atoms with van der Waals surface area (Å²) in [6.45, 7) is 9.90. The van der Waals surface area contributed by atoms with Crippen LogP contribution in [0.3, 0.4) is 0 Å². The van der Waals surface area contributed by atoms with Crippen molar-refractivity contribution in [3.8, 4) is 0 Å². The van der Waals surface area contributed by atoms with E-state index in [2.05, 4.69) is 41.6 Å². The first-order valence-electron chi connectivity index (χ1n) is 6.03. The monoisotopic (exact) mass is 265 g/mol. The summed E-state index contributed by atoms with van der Waals surface area (Å²) in [7, 11) is 0. The minimum atomic E-state index is 0.122. The molecular weight excluding hydrogens is 246 g/mol. The van der Waals surface area contributed by atoms with E-state index in [0.29, 0.717) is 6.54 Å². The van der Waals surface area contributed by atoms with Gasteiger partial charge in [0, 0.05) is 23.4 Å². The Kier molecular flexibility index (Phi) is 3.82. The van der Waals surface area contributed by atoms with E-state index in [4.69, 9.17) is 4.52 Å². The molecular formula is C13H19N3OS. The number of nitrogens with one attached hydrogen (secondary N) is 1. The Bertz CT molecular complexity index is 510. The fourth-order valence-electron chi connectivity index (χ4n) is 1.53. The van der Waals surface area contributed by atoms with Gasteiger partial charge in [-0.15, -0.1) is 11.3 Å². The molecule has 0 aliphatic rings. The number of hydrogen-bond acceptors (Lipinski definition) is 5. The zero-order valence-corrected chi connectivity index (χ0v) is 12.1. The van der Waals surface area contributed by atoms with Crippen molar-refractivity contribution in [1.29, 1.82) is 0 Å². The summed E-state index contributed by atoms with van der Waals surface area (Å²) in [4.78, 5) is 4.63. The largest absolute Gasteiger partial charge is 0.360 e. The van der Waals surface area contributed by atoms with Crippen molar-refractivity contribution < 1.29 is 4.52 Å². The molecule has 0 aromatic carbocycles. The molecule has 0 unspecified atom stereocenters. The summed E-state index contributed by atoms with van der Waals surface area (Å²) < 4.78 is 5.13. The Morgan fingerprint density at radius 2 is 2.11 bits per heavy atom. The predicted molar refractivity (Wildman–Crippen MR) is 72.6 cm³/mol. The van der Waals surface area contributed by atoms with Gasteiger partial charge in [-0.1, -0.05) is 25.9 Å². The van der Waals surface area contributed by atoms with Crippen molar-refractivity contribution in [3.05, 3.63) is 33.6 Å². The van der Waals surface area contributed by atoms with E-state index < -0.39 is 0 Å². The number of aromatic nitrogens is 2. The highest BCUT2D eigenvalue weighted by Gasteiger charge is 2.17. The van der Waals surface area contributed by atoms with Gasteiger partial charge in [0.1, 0.15) is 5.01 Å². The molecule has 0 saturated heterocycles. The first-order chi connectivity index (χ1) is 8.45. The number of hydrogen-bond donors (Lipinski definition) is 1. The van der Waals surface area contributed by atoms with Crippen LogP contribution in [-0.4, -0.2) is 10.1 Å². The molecule has 0 bridgehead atoms. The molecule has 2 aromatic heterocycles. The Labute approximate surface area is 111 Å². The number of thiazole rings is 1. The maximum Gasteiger partial charge on any atom is 0.150 e. The normalized spacial score (nSPS) is 12.0. The molecule has 2 rings (SSSR count). The summed E-state index contributed by atoms with van der Waals surface area (Å²) in [5.74, 6) is 0.861. The summed E-state index contributed by atoms with van der Waals surface area (Å²) >= 11 is 1.70. The third-order valence-corrected chi connectivity index (χ3v) is 3.42. The quantitative estimate of drug-likeness (QED) is 0.923. The molecule has 18 heavy (non-hydrogen) atoms. The lowest BCUT2D eigenvalue weighted by Crippen LogP contribution is -2.14. The molecule has 2 heterocycles. The second-order valence-corrected chi connectivity index (χ2v) is 6.36. The Morgan fingerprint density at radius 3 is 2.67 bits per heavy atom. The summed E-state index contributed by atoms with van der Waals surface area (Å²) in [6.07, 6.45) is 0. The van der Waals surface area contributed by atoms with E-state index in [1.54, 1.807) is 11.3 Å². The first-order valence-corrected chi connectivity index (χ1v) is 6.91. The smallest absolute Gasteiger partial charge is 0.150 e. The minimum absolute atomic E-state index is 0.122. The van der Waals surface area contributed by atoms with E-state index in [1.807, 2.05) is 13.0 Å². The van der Waals surface area contributed by atoms with Gasteiger partial charge in [0.15, 0.2) is 5.76 Å². The van der Waals surface area contributed by atoms with E-state index >= 15 is 0 Å². The third kappa shape index (κ3) is 3.40. The van der Waals surface area contributed by atoms with Gasteiger partial charge in [-0.05, 0) is 6.92 Å². The number of aryl methyl sites for hydroxylation is 1. The maximum atomic E-state index is 5.13. The van der Waals surface area contributed by atoms with Gasteiger partial charge in [0.2, 0.25) is 0 Å². The molecule has 0 spiro atoms. The van der Waals surface area contributed by atoms with Crippen LogP contribution in [0.2, 0.25) is 0 Å². The second kappa shape index (κ2) is 5.20. The van der Waals surface area contributed by atoms with Crippen LogP contribution in [0.5, 0.6) is 0 Å². The van der Waals surface area contributed by atoms with E-state index in [0.717, 1.165) is 28.7 Å². The molecule has 0 saturated carbocycles. The topological polar surface area (TPSA) is 51.0 Å². The van der Waals surface area contributed by atoms with Crippen LogP contribution in [-0.2, 0) is 18.5 Å². The zero-order valence-electron chi connectivity index (χ0n) is 11.3. The average molecular weight is 265 g/mol. The second-order valence-electron chi connectivity index (χ2n) is 5.41. The first kappa shape index (κ1) is 13.2. The van der Waals surface area contributed by atoms with Gasteiger partial charge in [0.05, 0.1) is 17.9 Å². The molecule has 0 amide bonds. The molecule has 0 aliphatic heterocycles. The fourth-order valence-corrected chi connectivity index (χ4v) is 2.52. The zero-order chi connectivity index (χ0) is 13.2. The van der Waals surface area contributed by atoms with E-state index in [1.165, 1.54) is 0 Å². The third-order valence-electron chi connectivity index (χ3n) is 2.57. The van der Waals surface area contributed by atoms with E-state index in [-0.39, 0.29) is 5.41 Å². The van der Waals surface area contributed by atoms with Crippen molar-refractivity contribution in [2.24, 2.45) is 0 Å². The predicted octanol–water partition coefficient (Wildman–Crippen LogP) is 3.03. The van der Waals surface area contributed by atoms with Crippen LogP contribution < -0.4 is 5.32 Å². The van der Waals surface area contributed by atoms with Crippen molar-refractivity contribution >= 4 is 11.3 Å². The average Bonchev–Trinajstić information content (AvgIpc) is 2.87. The maximum absolute atomic E-state index is 5.13. The summed E-state index contributed by atoms with van der Waals surface area (Å²) in [5.41, 5.74) is 2.19. The fraction of sp³-hybridized carbons (Fsp3) is 0.538. The summed E-state index contributed by atoms with van der Waals surface area (Å²) in [6, 6.07) is 1.94. The molecule has 0 atom stereocenters. The lowest BCUT2D eigenvalue weighted by Gasteiger charge is -2.14. The number of rotatable bonds is 4. The van der Waals surface area contributed by atoms with Crippen molar-refractivity contribution in [2.75, 3.05) is 0 Å². The van der Waals surface area contributed by atoms with Gasteiger partial charge >= 0.3 is 0 Å². The highest BCUT2D eigenvalue weighted by Crippen LogP contribution is 2.23. The molecule has 0 aliphatic carbocycles. The van der Waals surface area contributed by atoms with Gasteiger partial charge in [0.25, 0.3) is 0 Å². The van der Waals surface area contributed by atoms with Crippen molar-refractivity contribution in [2.45, 2.75) is 46.2 Å². The van der Waals surface area contributed by atoms with Gasteiger partial charge in [-0.3, -0.25) is 0 Å². The van der Waals surface area contributed by atoms with Crippen LogP contribution in [0, 0.1) is 6.92 Å². The highest BCUT2D eigenvalue weighted by molar-refractivity contribution is 7.09. The van der Waals surface area contributed by atoms with Gasteiger partial charge < -0.3 is 9.84 Å². The molecule has 98 valence electrons. The van der Waals surface area contributed by atoms with Crippen molar-refractivity contribution in [1.82, 2.24) is 15.5 Å². The van der Waals surface area contributed by atoms with Crippen LogP contribution in [0.4, 0.5) is 0 Å². The molecule has 0 fully saturated rings. The lowest BCUT2D eigenvalue weighted by molar-refractivity contribution is 0.369. The summed E-state index contributed by atoms with van der Waals surface area (Å²) in [5, 5.41) is 10.4. The van der Waals surface area contributed by atoms with Crippen LogP contribution >= 0.6 is 11.3 Å². The highest BCUT2D eigenvalue weighted by atomic mass is 32.1. The van der Waals surface area contributed by atoms with E-state index in [9.17, 15) is 0 Å². The van der Waals surface area contributed by atoms with Gasteiger partial charge in [-0.2, -0.15) is 0 Å². The Balaban J connectivity index is 1.85. The molecule has 5 heteroatoms. The van der Waals surface area contributed by atoms with Crippen molar-refractivity contribution in [3.63, 3.8) is 0 Å². The van der Waals surface area contributed by atoms with Gasteiger partial charge in [-0.25, -0.2) is 4.98 Å². The lowest BCUT2D eigenvalue weighted by atomic mass is 9.93. The number of nitrogens with zero attached hydrogens (tertiary/aromatic N) is 2. The molecule has 2 aromatic rings. The molecule has 4 nitrogen and oxygen atoms in total. The standard InChI is InChI=1S/C13H19N3OS/c1-9-5-10(17-16-9)6-14-7-12-15-11(8-18-12)13(2,3)4/h5,8,14H,6-7H2,1-4H3. The van der Waals surface area contributed by atoms with Crippen LogP contribution in [0.1, 0.15) is 42.9 Å². The molecule has 1 N–H and O–H groups in total. The molecule has 0 radical (unpaired) electrons.